The summed E-state index contributed by atoms with van der Waals surface area (Å²) in [4.78, 5) is 28.0. The van der Waals surface area contributed by atoms with Gasteiger partial charge in [-0.1, -0.05) is 78.8 Å². The second-order valence-corrected chi connectivity index (χ2v) is 11.7. The van der Waals surface area contributed by atoms with Gasteiger partial charge in [-0.2, -0.15) is 0 Å². The van der Waals surface area contributed by atoms with Crippen molar-refractivity contribution >= 4 is 73.9 Å². The van der Waals surface area contributed by atoms with Crippen LogP contribution in [0.5, 0.6) is 0 Å². The first kappa shape index (κ1) is 30.5. The number of halogens is 4. The van der Waals surface area contributed by atoms with Crippen LogP contribution < -0.4 is 9.62 Å². The zero-order chi connectivity index (χ0) is 27.0. The summed E-state index contributed by atoms with van der Waals surface area (Å²) in [5.74, 6) is -0.925. The van der Waals surface area contributed by atoms with Gasteiger partial charge in [-0.3, -0.25) is 13.9 Å². The first-order valence-corrected chi connectivity index (χ1v) is 14.7. The number of sulfonamides is 1. The van der Waals surface area contributed by atoms with Crippen molar-refractivity contribution in [3.05, 3.63) is 62.1 Å². The molecular formula is C24H29Cl4N3O4S. The molecule has 0 saturated heterocycles. The minimum Gasteiger partial charge on any atom is -0.354 e. The maximum Gasteiger partial charge on any atom is 0.244 e. The van der Waals surface area contributed by atoms with Gasteiger partial charge in [-0.25, -0.2) is 8.42 Å². The number of anilines is 1. The summed E-state index contributed by atoms with van der Waals surface area (Å²) in [5.41, 5.74) is 0.694. The van der Waals surface area contributed by atoms with Gasteiger partial charge < -0.3 is 10.2 Å². The fourth-order valence-corrected chi connectivity index (χ4v) is 5.16. The molecule has 0 spiro atoms. The number of carbonyl (C=O) groups excluding carboxylic acids is 2. The first-order chi connectivity index (χ1) is 16.9. The Labute approximate surface area is 232 Å². The fourth-order valence-electron chi connectivity index (χ4n) is 3.54. The summed E-state index contributed by atoms with van der Waals surface area (Å²) in [6.45, 7) is 3.68. The lowest BCUT2D eigenvalue weighted by Crippen LogP contribution is -2.52. The lowest BCUT2D eigenvalue weighted by atomic mass is 10.1. The highest BCUT2D eigenvalue weighted by Crippen LogP contribution is 2.34. The van der Waals surface area contributed by atoms with E-state index in [4.69, 9.17) is 46.4 Å². The molecule has 0 aliphatic carbocycles. The van der Waals surface area contributed by atoms with Crippen molar-refractivity contribution in [1.82, 2.24) is 10.2 Å². The number of nitrogens with one attached hydrogen (secondary N) is 1. The van der Waals surface area contributed by atoms with Crippen LogP contribution in [0.25, 0.3) is 0 Å². The third-order valence-electron chi connectivity index (χ3n) is 5.43. The average Bonchev–Trinajstić information content (AvgIpc) is 2.81. The molecule has 0 heterocycles. The summed E-state index contributed by atoms with van der Waals surface area (Å²) in [5, 5.41) is 3.64. The lowest BCUT2D eigenvalue weighted by Gasteiger charge is -2.33. The molecule has 0 aromatic heterocycles. The van der Waals surface area contributed by atoms with Crippen molar-refractivity contribution < 1.29 is 18.0 Å². The van der Waals surface area contributed by atoms with Gasteiger partial charge >= 0.3 is 0 Å². The molecule has 2 amide bonds. The molecule has 2 aromatic carbocycles. The van der Waals surface area contributed by atoms with Gasteiger partial charge in [0.25, 0.3) is 0 Å². The molecule has 7 nitrogen and oxygen atoms in total. The van der Waals surface area contributed by atoms with E-state index in [0.717, 1.165) is 23.4 Å². The summed E-state index contributed by atoms with van der Waals surface area (Å²) in [6, 6.07) is 8.56. The number of amides is 2. The topological polar surface area (TPSA) is 86.8 Å². The Hall–Kier alpha value is -1.71. The van der Waals surface area contributed by atoms with Gasteiger partial charge in [0.2, 0.25) is 21.8 Å². The van der Waals surface area contributed by atoms with Gasteiger partial charge in [0.1, 0.15) is 12.6 Å². The van der Waals surface area contributed by atoms with E-state index in [9.17, 15) is 18.0 Å². The van der Waals surface area contributed by atoms with E-state index in [-0.39, 0.29) is 28.2 Å². The summed E-state index contributed by atoms with van der Waals surface area (Å²) in [7, 11) is -3.94. The molecule has 36 heavy (non-hydrogen) atoms. The quantitative estimate of drug-likeness (QED) is 0.314. The monoisotopic (exact) mass is 595 g/mol. The third-order valence-corrected chi connectivity index (χ3v) is 8.11. The molecule has 0 aliphatic rings. The molecule has 0 bridgehead atoms. The SMILES string of the molecule is CCCCNC(=O)C(CC)N(Cc1ccc(Cl)c(Cl)c1)C(=O)CN(c1cccc(Cl)c1Cl)S(C)(=O)=O. The highest BCUT2D eigenvalue weighted by molar-refractivity contribution is 7.92. The largest absolute Gasteiger partial charge is 0.354 e. The molecule has 198 valence electrons. The number of rotatable bonds is 12. The second-order valence-electron chi connectivity index (χ2n) is 8.18. The van der Waals surface area contributed by atoms with Gasteiger partial charge in [0.05, 0.1) is 32.0 Å². The number of nitrogens with zero attached hydrogens (tertiary/aromatic N) is 2. The number of unbranched alkanes of at least 4 members (excludes halogenated alkanes) is 1. The van der Waals surface area contributed by atoms with Crippen molar-refractivity contribution in [2.45, 2.75) is 45.7 Å². The molecule has 1 atom stereocenters. The maximum absolute atomic E-state index is 13.7. The van der Waals surface area contributed by atoms with E-state index in [1.165, 1.54) is 23.1 Å². The van der Waals surface area contributed by atoms with Crippen molar-refractivity contribution in [3.63, 3.8) is 0 Å². The van der Waals surface area contributed by atoms with Gasteiger partial charge in [-0.05, 0) is 42.7 Å². The number of carbonyl (C=O) groups is 2. The van der Waals surface area contributed by atoms with Gasteiger partial charge in [0, 0.05) is 13.1 Å². The van der Waals surface area contributed by atoms with Crippen molar-refractivity contribution in [1.29, 1.82) is 0 Å². The summed E-state index contributed by atoms with van der Waals surface area (Å²) < 4.78 is 26.2. The number of hydrogen-bond donors (Lipinski definition) is 1. The van der Waals surface area contributed by atoms with Crippen molar-refractivity contribution in [2.24, 2.45) is 0 Å². The standard InChI is InChI=1S/C24H29Cl4N3O4S/c1-4-6-12-29-24(33)20(5-2)30(14-16-10-11-17(25)19(27)13-16)22(32)15-31(36(3,34)35)21-9-7-8-18(26)23(21)28/h7-11,13,20H,4-6,12,14-15H2,1-3H3,(H,29,33). The third kappa shape index (κ3) is 8.15. The van der Waals surface area contributed by atoms with Crippen LogP contribution in [0.2, 0.25) is 20.1 Å². The van der Waals surface area contributed by atoms with E-state index in [0.29, 0.717) is 28.6 Å². The predicted octanol–water partition coefficient (Wildman–Crippen LogP) is 5.79. The lowest BCUT2D eigenvalue weighted by molar-refractivity contribution is -0.140. The minimum atomic E-state index is -3.94. The molecule has 1 unspecified atom stereocenters. The van der Waals surface area contributed by atoms with Crippen LogP contribution in [-0.2, 0) is 26.2 Å². The molecule has 1 N–H and O–H groups in total. The van der Waals surface area contributed by atoms with E-state index in [2.05, 4.69) is 5.32 Å². The van der Waals surface area contributed by atoms with Crippen LogP contribution in [0.1, 0.15) is 38.7 Å². The normalized spacial score (nSPS) is 12.2. The Morgan fingerprint density at radius 2 is 1.69 bits per heavy atom. The van der Waals surface area contributed by atoms with Crippen LogP contribution >= 0.6 is 46.4 Å². The van der Waals surface area contributed by atoms with Crippen LogP contribution in [0.4, 0.5) is 5.69 Å². The molecule has 0 saturated carbocycles. The van der Waals surface area contributed by atoms with E-state index in [1.54, 1.807) is 25.1 Å². The van der Waals surface area contributed by atoms with Gasteiger partial charge in [-0.15, -0.1) is 0 Å². The molecular weight excluding hydrogens is 568 g/mol. The smallest absolute Gasteiger partial charge is 0.244 e. The average molecular weight is 597 g/mol. The highest BCUT2D eigenvalue weighted by atomic mass is 35.5. The Bertz CT molecular complexity index is 1190. The molecule has 0 fully saturated rings. The zero-order valence-electron chi connectivity index (χ0n) is 20.2. The Balaban J connectivity index is 2.47. The molecule has 0 aliphatic heterocycles. The Kier molecular flexibility index (Phi) is 11.6. The maximum atomic E-state index is 13.7. The molecule has 2 aromatic rings. The Morgan fingerprint density at radius 3 is 2.28 bits per heavy atom. The van der Waals surface area contributed by atoms with Crippen LogP contribution in [0, 0.1) is 0 Å². The van der Waals surface area contributed by atoms with E-state index in [1.807, 2.05) is 6.92 Å². The summed E-state index contributed by atoms with van der Waals surface area (Å²) in [6.07, 6.45) is 2.96. The van der Waals surface area contributed by atoms with Crippen molar-refractivity contribution in [2.75, 3.05) is 23.7 Å². The predicted molar refractivity (Wildman–Crippen MR) is 148 cm³/mol. The second kappa shape index (κ2) is 13.7. The van der Waals surface area contributed by atoms with Crippen molar-refractivity contribution in [3.8, 4) is 0 Å². The summed E-state index contributed by atoms with van der Waals surface area (Å²) >= 11 is 24.6. The Morgan fingerprint density at radius 1 is 1.00 bits per heavy atom. The number of hydrogen-bond acceptors (Lipinski definition) is 4. The van der Waals surface area contributed by atoms with E-state index >= 15 is 0 Å². The number of benzene rings is 2. The first-order valence-electron chi connectivity index (χ1n) is 11.3. The zero-order valence-corrected chi connectivity index (χ0v) is 24.1. The molecule has 0 radical (unpaired) electrons. The minimum absolute atomic E-state index is 0.00206. The van der Waals surface area contributed by atoms with Crippen LogP contribution in [0.15, 0.2) is 36.4 Å². The molecule has 12 heteroatoms. The van der Waals surface area contributed by atoms with Gasteiger partial charge in [0.15, 0.2) is 0 Å². The van der Waals surface area contributed by atoms with E-state index < -0.39 is 28.5 Å². The van der Waals surface area contributed by atoms with Crippen LogP contribution in [0.3, 0.4) is 0 Å². The van der Waals surface area contributed by atoms with Crippen LogP contribution in [-0.4, -0.2) is 50.5 Å². The molecule has 2 rings (SSSR count). The highest BCUT2D eigenvalue weighted by Gasteiger charge is 2.32. The fraction of sp³-hybridized carbons (Fsp3) is 0.417.